The van der Waals surface area contributed by atoms with Crippen LogP contribution in [-0.2, 0) is 29.0 Å². The van der Waals surface area contributed by atoms with E-state index in [2.05, 4.69) is 25.7 Å². The predicted octanol–water partition coefficient (Wildman–Crippen LogP) is 0.473. The van der Waals surface area contributed by atoms with Gasteiger partial charge in [-0.15, -0.1) is 0 Å². The van der Waals surface area contributed by atoms with Gasteiger partial charge in [0.05, 0.1) is 12.6 Å². The summed E-state index contributed by atoms with van der Waals surface area (Å²) in [5, 5.41) is 11.4. The maximum Gasteiger partial charge on any atom is 0.191 e. The summed E-state index contributed by atoms with van der Waals surface area (Å²) < 4.78 is 12.7. The van der Waals surface area contributed by atoms with Crippen LogP contribution in [0.2, 0.25) is 0 Å². The van der Waals surface area contributed by atoms with E-state index in [1.807, 2.05) is 11.7 Å². The Morgan fingerprint density at radius 2 is 2.38 bits per heavy atom. The third-order valence-corrected chi connectivity index (χ3v) is 4.52. The summed E-state index contributed by atoms with van der Waals surface area (Å²) in [6.45, 7) is 3.05. The van der Waals surface area contributed by atoms with E-state index in [-0.39, 0.29) is 0 Å². The van der Waals surface area contributed by atoms with Crippen LogP contribution in [0.15, 0.2) is 4.99 Å². The second kappa shape index (κ2) is 8.43. The predicted molar refractivity (Wildman–Crippen MR) is 90.9 cm³/mol. The molecule has 2 N–H and O–H groups in total. The number of nitrogens with zero attached hydrogens (tertiary/aromatic N) is 4. The van der Waals surface area contributed by atoms with Crippen LogP contribution in [0.1, 0.15) is 37.3 Å². The quantitative estimate of drug-likeness (QED) is 0.580. The number of fused-ring (bicyclic) bond motifs is 1. The molecule has 0 bridgehead atoms. The lowest BCUT2D eigenvalue weighted by Gasteiger charge is -2.25. The maximum atomic E-state index is 5.65. The van der Waals surface area contributed by atoms with Crippen LogP contribution in [-0.4, -0.2) is 60.2 Å². The van der Waals surface area contributed by atoms with Gasteiger partial charge in [0.15, 0.2) is 11.8 Å². The second-order valence-electron chi connectivity index (χ2n) is 6.36. The lowest BCUT2D eigenvalue weighted by atomic mass is 10.1. The summed E-state index contributed by atoms with van der Waals surface area (Å²) in [6.07, 6.45) is 5.74. The fraction of sp³-hybridized carbons (Fsp3) is 0.812. The zero-order valence-corrected chi connectivity index (χ0v) is 14.6. The highest BCUT2D eigenvalue weighted by molar-refractivity contribution is 5.79. The van der Waals surface area contributed by atoms with E-state index in [4.69, 9.17) is 9.47 Å². The SMILES string of the molecule is CN=C(NCCC1CCCO1)NC1CCc2nc(COC)nn2C1. The van der Waals surface area contributed by atoms with Crippen molar-refractivity contribution in [1.29, 1.82) is 0 Å². The van der Waals surface area contributed by atoms with Crippen LogP contribution in [0.3, 0.4) is 0 Å². The Balaban J connectivity index is 1.45. The minimum Gasteiger partial charge on any atom is -0.378 e. The average molecular weight is 336 g/mol. The van der Waals surface area contributed by atoms with E-state index in [0.29, 0.717) is 18.8 Å². The summed E-state index contributed by atoms with van der Waals surface area (Å²) in [6, 6.07) is 0.309. The highest BCUT2D eigenvalue weighted by Crippen LogP contribution is 2.15. The molecule has 0 aliphatic carbocycles. The number of aryl methyl sites for hydroxylation is 1. The van der Waals surface area contributed by atoms with Crippen molar-refractivity contribution >= 4 is 5.96 Å². The zero-order valence-electron chi connectivity index (χ0n) is 14.6. The molecule has 2 atom stereocenters. The topological polar surface area (TPSA) is 85.6 Å². The molecular formula is C16H28N6O2. The molecule has 8 heteroatoms. The molecular weight excluding hydrogens is 308 g/mol. The zero-order chi connectivity index (χ0) is 16.8. The minimum absolute atomic E-state index is 0.309. The van der Waals surface area contributed by atoms with E-state index in [9.17, 15) is 0 Å². The lowest BCUT2D eigenvalue weighted by molar-refractivity contribution is 0.105. The molecule has 0 amide bonds. The fourth-order valence-corrected chi connectivity index (χ4v) is 3.28. The Kier molecular flexibility index (Phi) is 6.03. The van der Waals surface area contributed by atoms with Crippen molar-refractivity contribution in [1.82, 2.24) is 25.4 Å². The van der Waals surface area contributed by atoms with E-state index in [0.717, 1.165) is 56.6 Å². The standard InChI is InChI=1S/C16H28N6O2/c1-17-16(18-8-7-13-4-3-9-24-13)19-12-5-6-15-20-14(11-23-2)21-22(15)10-12/h12-13H,3-11H2,1-2H3,(H2,17,18,19). The number of hydrogen-bond acceptors (Lipinski definition) is 5. The molecule has 1 saturated heterocycles. The molecule has 3 rings (SSSR count). The van der Waals surface area contributed by atoms with Gasteiger partial charge in [0, 0.05) is 39.8 Å². The molecule has 2 aliphatic rings. The van der Waals surface area contributed by atoms with Gasteiger partial charge in [0.2, 0.25) is 0 Å². The molecule has 0 aromatic carbocycles. The monoisotopic (exact) mass is 336 g/mol. The van der Waals surface area contributed by atoms with Crippen LogP contribution >= 0.6 is 0 Å². The first-order chi connectivity index (χ1) is 11.8. The van der Waals surface area contributed by atoms with Crippen molar-refractivity contribution < 1.29 is 9.47 Å². The molecule has 24 heavy (non-hydrogen) atoms. The Hall–Kier alpha value is -1.67. The van der Waals surface area contributed by atoms with Crippen molar-refractivity contribution in [3.63, 3.8) is 0 Å². The Labute approximate surface area is 143 Å². The van der Waals surface area contributed by atoms with Crippen LogP contribution in [0, 0.1) is 0 Å². The van der Waals surface area contributed by atoms with Crippen LogP contribution in [0.25, 0.3) is 0 Å². The number of guanidine groups is 1. The first-order valence-electron chi connectivity index (χ1n) is 8.79. The lowest BCUT2D eigenvalue weighted by Crippen LogP contribution is -2.47. The van der Waals surface area contributed by atoms with Gasteiger partial charge in [-0.3, -0.25) is 4.99 Å². The number of aliphatic imine (C=N–C) groups is 1. The van der Waals surface area contributed by atoms with Gasteiger partial charge in [0.25, 0.3) is 0 Å². The largest absolute Gasteiger partial charge is 0.378 e. The number of methoxy groups -OCH3 is 1. The summed E-state index contributed by atoms with van der Waals surface area (Å²) in [7, 11) is 3.47. The number of hydrogen-bond donors (Lipinski definition) is 2. The molecule has 134 valence electrons. The fourth-order valence-electron chi connectivity index (χ4n) is 3.28. The van der Waals surface area contributed by atoms with Crippen molar-refractivity contribution in [3.8, 4) is 0 Å². The van der Waals surface area contributed by atoms with Crippen molar-refractivity contribution in [3.05, 3.63) is 11.6 Å². The smallest absolute Gasteiger partial charge is 0.191 e. The number of rotatable bonds is 6. The van der Waals surface area contributed by atoms with Gasteiger partial charge in [-0.2, -0.15) is 5.10 Å². The van der Waals surface area contributed by atoms with Crippen LogP contribution in [0.4, 0.5) is 0 Å². The Bertz CT molecular complexity index is 553. The molecule has 2 aliphatic heterocycles. The van der Waals surface area contributed by atoms with Crippen LogP contribution < -0.4 is 10.6 Å². The normalized spacial score (nSPS) is 24.0. The van der Waals surface area contributed by atoms with Crippen LogP contribution in [0.5, 0.6) is 0 Å². The molecule has 0 spiro atoms. The van der Waals surface area contributed by atoms with Gasteiger partial charge >= 0.3 is 0 Å². The summed E-state index contributed by atoms with van der Waals surface area (Å²) in [4.78, 5) is 8.83. The first-order valence-corrected chi connectivity index (χ1v) is 8.79. The first kappa shape index (κ1) is 17.2. The molecule has 1 fully saturated rings. The van der Waals surface area contributed by atoms with Gasteiger partial charge in [0.1, 0.15) is 12.4 Å². The Morgan fingerprint density at radius 3 is 3.12 bits per heavy atom. The molecule has 1 aromatic heterocycles. The molecule has 1 aromatic rings. The van der Waals surface area contributed by atoms with E-state index < -0.39 is 0 Å². The Morgan fingerprint density at radius 1 is 1.46 bits per heavy atom. The number of nitrogens with one attached hydrogen (secondary N) is 2. The molecule has 0 saturated carbocycles. The molecule has 2 unspecified atom stereocenters. The van der Waals surface area contributed by atoms with Crippen molar-refractivity contribution in [2.75, 3.05) is 27.3 Å². The number of ether oxygens (including phenoxy) is 2. The highest BCUT2D eigenvalue weighted by atomic mass is 16.5. The second-order valence-corrected chi connectivity index (χ2v) is 6.36. The van der Waals surface area contributed by atoms with E-state index in [1.165, 1.54) is 12.8 Å². The van der Waals surface area contributed by atoms with Gasteiger partial charge in [-0.05, 0) is 25.7 Å². The third-order valence-electron chi connectivity index (χ3n) is 4.52. The molecule has 8 nitrogen and oxygen atoms in total. The molecule has 3 heterocycles. The van der Waals surface area contributed by atoms with Gasteiger partial charge in [-0.1, -0.05) is 0 Å². The summed E-state index contributed by atoms with van der Waals surface area (Å²) in [5.74, 6) is 2.65. The molecule has 0 radical (unpaired) electrons. The van der Waals surface area contributed by atoms with Gasteiger partial charge < -0.3 is 20.1 Å². The third kappa shape index (κ3) is 4.45. The summed E-state index contributed by atoms with van der Waals surface area (Å²) in [5.41, 5.74) is 0. The highest BCUT2D eigenvalue weighted by Gasteiger charge is 2.22. The average Bonchev–Trinajstić information content (AvgIpc) is 3.23. The maximum absolute atomic E-state index is 5.65. The summed E-state index contributed by atoms with van der Waals surface area (Å²) >= 11 is 0. The van der Waals surface area contributed by atoms with E-state index >= 15 is 0 Å². The number of aromatic nitrogens is 3. The van der Waals surface area contributed by atoms with Crippen molar-refractivity contribution in [2.45, 2.75) is 57.4 Å². The van der Waals surface area contributed by atoms with Gasteiger partial charge in [-0.25, -0.2) is 9.67 Å². The van der Waals surface area contributed by atoms with E-state index in [1.54, 1.807) is 7.11 Å². The van der Waals surface area contributed by atoms with Crippen molar-refractivity contribution in [2.24, 2.45) is 4.99 Å². The minimum atomic E-state index is 0.309.